The Hall–Kier alpha value is -2.24. The molecule has 2 aromatic rings. The highest BCUT2D eigenvalue weighted by Gasteiger charge is 2.37. The van der Waals surface area contributed by atoms with E-state index in [1.54, 1.807) is 0 Å². The summed E-state index contributed by atoms with van der Waals surface area (Å²) < 4.78 is 68.7. The normalized spacial score (nSPS) is 20.0. The first-order valence-electron chi connectivity index (χ1n) is 9.16. The number of halogens is 5. The number of Topliss-reactive ketones (excluding diaryl/α,β-unsaturated/α-hetero) is 1. The van der Waals surface area contributed by atoms with E-state index in [-0.39, 0.29) is 29.4 Å². The molecule has 2 atom stereocenters. The summed E-state index contributed by atoms with van der Waals surface area (Å²) in [5.41, 5.74) is -0.454. The topological polar surface area (TPSA) is 17.1 Å². The van der Waals surface area contributed by atoms with Crippen LogP contribution < -0.4 is 0 Å². The van der Waals surface area contributed by atoms with E-state index in [1.165, 1.54) is 36.4 Å². The molecule has 1 aliphatic carbocycles. The fraction of sp³-hybridized carbons (Fsp3) is 0.409. The summed E-state index contributed by atoms with van der Waals surface area (Å²) in [7, 11) is 0. The van der Waals surface area contributed by atoms with Crippen molar-refractivity contribution in [2.24, 2.45) is 5.92 Å². The predicted octanol–water partition coefficient (Wildman–Crippen LogP) is 6.82. The fourth-order valence-corrected chi connectivity index (χ4v) is 3.78. The molecule has 1 nitrogen and oxygen atoms in total. The van der Waals surface area contributed by atoms with Gasteiger partial charge in [-0.1, -0.05) is 36.4 Å². The number of rotatable bonds is 6. The monoisotopic (exact) mass is 396 g/mol. The van der Waals surface area contributed by atoms with Crippen molar-refractivity contribution in [2.45, 2.75) is 50.9 Å². The molecule has 0 saturated heterocycles. The van der Waals surface area contributed by atoms with Crippen LogP contribution in [0.3, 0.4) is 0 Å². The molecule has 3 rings (SSSR count). The molecule has 1 fully saturated rings. The van der Waals surface area contributed by atoms with E-state index in [2.05, 4.69) is 0 Å². The first-order valence-corrected chi connectivity index (χ1v) is 9.16. The molecule has 150 valence electrons. The van der Waals surface area contributed by atoms with Crippen molar-refractivity contribution in [1.82, 2.24) is 0 Å². The molecule has 6 heteroatoms. The molecule has 28 heavy (non-hydrogen) atoms. The van der Waals surface area contributed by atoms with Crippen LogP contribution in [0.15, 0.2) is 42.5 Å². The van der Waals surface area contributed by atoms with Crippen LogP contribution in [0.2, 0.25) is 0 Å². The molecule has 0 heterocycles. The minimum atomic E-state index is -3.14. The van der Waals surface area contributed by atoms with Gasteiger partial charge in [-0.3, -0.25) is 4.79 Å². The molecule has 0 aromatic heterocycles. The number of alkyl halides is 4. The summed E-state index contributed by atoms with van der Waals surface area (Å²) in [6.07, 6.45) is 1.30. The van der Waals surface area contributed by atoms with E-state index in [1.807, 2.05) is 0 Å². The van der Waals surface area contributed by atoms with Crippen molar-refractivity contribution in [3.63, 3.8) is 0 Å². The maximum atomic E-state index is 14.4. The van der Waals surface area contributed by atoms with E-state index in [0.29, 0.717) is 25.3 Å². The van der Waals surface area contributed by atoms with Crippen LogP contribution in [0.4, 0.5) is 22.0 Å². The minimum Gasteiger partial charge on any atom is -0.294 e. The van der Waals surface area contributed by atoms with Gasteiger partial charge in [-0.05, 0) is 36.3 Å². The third-order valence-corrected chi connectivity index (χ3v) is 5.47. The van der Waals surface area contributed by atoms with Gasteiger partial charge in [0.25, 0.3) is 11.8 Å². The molecule has 0 unspecified atom stereocenters. The van der Waals surface area contributed by atoms with E-state index in [9.17, 15) is 26.7 Å². The molecule has 0 amide bonds. The lowest BCUT2D eigenvalue weighted by Gasteiger charge is -2.37. The second-order valence-electron chi connectivity index (χ2n) is 7.63. The van der Waals surface area contributed by atoms with Gasteiger partial charge in [0.15, 0.2) is 5.78 Å². The van der Waals surface area contributed by atoms with Crippen molar-refractivity contribution >= 4 is 5.78 Å². The molecule has 0 N–H and O–H groups in total. The highest BCUT2D eigenvalue weighted by Crippen LogP contribution is 2.46. The van der Waals surface area contributed by atoms with Crippen LogP contribution in [0.5, 0.6) is 0 Å². The summed E-state index contributed by atoms with van der Waals surface area (Å²) in [6.45, 7) is 1.44. The van der Waals surface area contributed by atoms with Gasteiger partial charge in [0, 0.05) is 37.0 Å². The van der Waals surface area contributed by atoms with E-state index in [4.69, 9.17) is 0 Å². The molecule has 0 radical (unpaired) electrons. The zero-order valence-corrected chi connectivity index (χ0v) is 15.6. The first kappa shape index (κ1) is 20.5. The van der Waals surface area contributed by atoms with Gasteiger partial charge in [0.2, 0.25) is 0 Å². The molecule has 2 aromatic carbocycles. The van der Waals surface area contributed by atoms with Crippen LogP contribution in [-0.2, 0) is 11.8 Å². The van der Waals surface area contributed by atoms with Crippen LogP contribution in [-0.4, -0.2) is 5.78 Å². The number of carbonyl (C=O) groups is 1. The number of carbonyl (C=O) groups excluding carboxylic acids is 1. The van der Waals surface area contributed by atoms with Crippen molar-refractivity contribution in [2.75, 3.05) is 0 Å². The van der Waals surface area contributed by atoms with Gasteiger partial charge in [-0.2, -0.15) is 0 Å². The Morgan fingerprint density at radius 2 is 1.68 bits per heavy atom. The SMILES string of the molecule is CC(F)(F)c1ccc([C@H]2CC[C@H]2CC(=O)c2ccccc2C(C)(F)F)c(F)c1. The lowest BCUT2D eigenvalue weighted by Crippen LogP contribution is -2.28. The molecule has 0 spiro atoms. The molecule has 0 aliphatic heterocycles. The average Bonchev–Trinajstić information content (AvgIpc) is 2.58. The average molecular weight is 396 g/mol. The van der Waals surface area contributed by atoms with Crippen molar-refractivity contribution in [3.8, 4) is 0 Å². The maximum Gasteiger partial charge on any atom is 0.271 e. The van der Waals surface area contributed by atoms with Crippen LogP contribution in [0.25, 0.3) is 0 Å². The van der Waals surface area contributed by atoms with Gasteiger partial charge in [0.1, 0.15) is 5.82 Å². The van der Waals surface area contributed by atoms with Crippen molar-refractivity contribution in [3.05, 3.63) is 70.5 Å². The molecule has 1 saturated carbocycles. The Bertz CT molecular complexity index is 879. The third-order valence-electron chi connectivity index (χ3n) is 5.47. The first-order chi connectivity index (χ1) is 13.0. The van der Waals surface area contributed by atoms with Gasteiger partial charge >= 0.3 is 0 Å². The number of hydrogen-bond donors (Lipinski definition) is 0. The number of hydrogen-bond acceptors (Lipinski definition) is 1. The summed E-state index contributed by atoms with van der Waals surface area (Å²) in [5.74, 6) is -7.89. The van der Waals surface area contributed by atoms with Gasteiger partial charge in [0.05, 0.1) is 0 Å². The largest absolute Gasteiger partial charge is 0.294 e. The summed E-state index contributed by atoms with van der Waals surface area (Å²) >= 11 is 0. The Morgan fingerprint density at radius 3 is 2.21 bits per heavy atom. The number of ketones is 1. The standard InChI is InChI=1S/C22H21F5O/c1-21(24,25)14-8-10-16(19(23)12-14)15-9-7-13(15)11-20(28)17-5-3-4-6-18(17)22(2,26)27/h3-6,8,10,12-13,15H,7,9,11H2,1-2H3/t13-,15-/m0/s1. The highest BCUT2D eigenvalue weighted by molar-refractivity contribution is 5.98. The van der Waals surface area contributed by atoms with Crippen LogP contribution in [0.1, 0.15) is 66.1 Å². The zero-order chi connectivity index (χ0) is 20.7. The second-order valence-corrected chi connectivity index (χ2v) is 7.63. The van der Waals surface area contributed by atoms with Gasteiger partial charge < -0.3 is 0 Å². The molecule has 0 bridgehead atoms. The minimum absolute atomic E-state index is 0.0168. The maximum absolute atomic E-state index is 14.4. The Labute approximate surface area is 160 Å². The Balaban J connectivity index is 1.78. The van der Waals surface area contributed by atoms with Gasteiger partial charge in [-0.15, -0.1) is 0 Å². The van der Waals surface area contributed by atoms with Crippen molar-refractivity contribution in [1.29, 1.82) is 0 Å². The summed E-state index contributed by atoms with van der Waals surface area (Å²) in [5, 5.41) is 0. The summed E-state index contributed by atoms with van der Waals surface area (Å²) in [4.78, 5) is 12.6. The van der Waals surface area contributed by atoms with Gasteiger partial charge in [-0.25, -0.2) is 22.0 Å². The molecular weight excluding hydrogens is 375 g/mol. The lowest BCUT2D eigenvalue weighted by molar-refractivity contribution is 0.0159. The van der Waals surface area contributed by atoms with E-state index in [0.717, 1.165) is 13.0 Å². The zero-order valence-electron chi connectivity index (χ0n) is 15.6. The fourth-order valence-electron chi connectivity index (χ4n) is 3.78. The smallest absolute Gasteiger partial charge is 0.271 e. The molecule has 1 aliphatic rings. The summed E-state index contributed by atoms with van der Waals surface area (Å²) in [6, 6.07) is 8.97. The Kier molecular flexibility index (Phi) is 5.34. The third kappa shape index (κ3) is 4.10. The van der Waals surface area contributed by atoms with E-state index >= 15 is 0 Å². The lowest BCUT2D eigenvalue weighted by atomic mass is 9.67. The van der Waals surface area contributed by atoms with E-state index < -0.39 is 29.0 Å². The molecular formula is C22H21F5O. The quantitative estimate of drug-likeness (QED) is 0.387. The highest BCUT2D eigenvalue weighted by atomic mass is 19.3. The van der Waals surface area contributed by atoms with Crippen LogP contribution in [0, 0.1) is 11.7 Å². The number of benzene rings is 2. The Morgan fingerprint density at radius 1 is 1.00 bits per heavy atom. The van der Waals surface area contributed by atoms with Crippen molar-refractivity contribution < 1.29 is 26.7 Å². The predicted molar refractivity (Wildman–Crippen MR) is 96.4 cm³/mol. The van der Waals surface area contributed by atoms with Crippen LogP contribution >= 0.6 is 0 Å². The second kappa shape index (κ2) is 7.30.